The monoisotopic (exact) mass is 234 g/mol. The predicted molar refractivity (Wildman–Crippen MR) is 62.3 cm³/mol. The van der Waals surface area contributed by atoms with Gasteiger partial charge in [-0.2, -0.15) is 4.31 Å². The van der Waals surface area contributed by atoms with Gasteiger partial charge in [-0.15, -0.1) is 0 Å². The molecule has 1 heterocycles. The molecule has 0 radical (unpaired) electrons. The number of nitrogens with one attached hydrogen (secondary N) is 1. The Morgan fingerprint density at radius 2 is 2.00 bits per heavy atom. The third-order valence-corrected chi connectivity index (χ3v) is 4.67. The molecule has 0 bridgehead atoms. The lowest BCUT2D eigenvalue weighted by molar-refractivity contribution is 0.210. The maximum absolute atomic E-state index is 12.0. The summed E-state index contributed by atoms with van der Waals surface area (Å²) in [6.45, 7) is 9.93. The van der Waals surface area contributed by atoms with E-state index in [0.717, 1.165) is 6.54 Å². The second kappa shape index (κ2) is 4.39. The predicted octanol–water partition coefficient (Wildman–Crippen LogP) is 0.656. The highest BCUT2D eigenvalue weighted by molar-refractivity contribution is 7.89. The first kappa shape index (κ1) is 12.9. The first-order chi connectivity index (χ1) is 6.76. The lowest BCUT2D eigenvalue weighted by atomic mass is 10.0. The second-order valence-electron chi connectivity index (χ2n) is 5.23. The van der Waals surface area contributed by atoms with Crippen molar-refractivity contribution in [2.24, 2.45) is 5.92 Å². The number of hydrogen-bond acceptors (Lipinski definition) is 3. The molecular formula is C10H22N2O2S. The molecule has 0 unspecified atom stereocenters. The van der Waals surface area contributed by atoms with Crippen molar-refractivity contribution >= 4 is 10.0 Å². The van der Waals surface area contributed by atoms with Gasteiger partial charge in [0.25, 0.3) is 0 Å². The summed E-state index contributed by atoms with van der Waals surface area (Å²) in [6.07, 6.45) is 0. The Morgan fingerprint density at radius 3 is 2.53 bits per heavy atom. The molecule has 0 aromatic heterocycles. The van der Waals surface area contributed by atoms with E-state index in [0.29, 0.717) is 19.0 Å². The first-order valence-corrected chi connectivity index (χ1v) is 7.08. The highest BCUT2D eigenvalue weighted by Gasteiger charge is 2.37. The number of rotatable bonds is 2. The Hall–Kier alpha value is -0.130. The number of nitrogens with zero attached hydrogens (tertiary/aromatic N) is 1. The fourth-order valence-electron chi connectivity index (χ4n) is 1.86. The molecule has 1 saturated heterocycles. The minimum atomic E-state index is -3.09. The van der Waals surface area contributed by atoms with Crippen LogP contribution in [-0.2, 0) is 10.0 Å². The zero-order valence-electron chi connectivity index (χ0n) is 10.1. The average molecular weight is 234 g/mol. The molecule has 1 N–H and O–H groups in total. The molecule has 0 atom stereocenters. The maximum Gasteiger partial charge on any atom is 0.215 e. The fourth-order valence-corrected chi connectivity index (χ4v) is 3.83. The van der Waals surface area contributed by atoms with E-state index in [-0.39, 0.29) is 11.3 Å². The normalized spacial score (nSPS) is 26.5. The molecular weight excluding hydrogens is 212 g/mol. The van der Waals surface area contributed by atoms with Crippen LogP contribution in [0.3, 0.4) is 0 Å². The molecule has 0 aliphatic carbocycles. The summed E-state index contributed by atoms with van der Waals surface area (Å²) < 4.78 is 25.7. The van der Waals surface area contributed by atoms with Crippen molar-refractivity contribution in [3.05, 3.63) is 0 Å². The van der Waals surface area contributed by atoms with Gasteiger partial charge in [0.1, 0.15) is 0 Å². The van der Waals surface area contributed by atoms with Crippen molar-refractivity contribution in [3.8, 4) is 0 Å². The third-order valence-electron chi connectivity index (χ3n) is 2.64. The molecule has 15 heavy (non-hydrogen) atoms. The molecule has 0 aromatic rings. The third kappa shape index (κ3) is 3.16. The highest BCUT2D eigenvalue weighted by atomic mass is 32.2. The van der Waals surface area contributed by atoms with Crippen LogP contribution in [0.5, 0.6) is 0 Å². The molecule has 0 amide bonds. The Balaban J connectivity index is 2.99. The topological polar surface area (TPSA) is 49.4 Å². The van der Waals surface area contributed by atoms with Crippen molar-refractivity contribution in [1.82, 2.24) is 9.62 Å². The van der Waals surface area contributed by atoms with E-state index in [2.05, 4.69) is 5.32 Å². The Bertz CT molecular complexity index is 309. The average Bonchev–Trinajstić information content (AvgIpc) is 2.15. The van der Waals surface area contributed by atoms with E-state index < -0.39 is 10.0 Å². The largest absolute Gasteiger partial charge is 0.314 e. The van der Waals surface area contributed by atoms with E-state index in [4.69, 9.17) is 0 Å². The molecule has 0 aromatic carbocycles. The molecule has 5 heteroatoms. The van der Waals surface area contributed by atoms with Crippen LogP contribution in [0.2, 0.25) is 0 Å². The van der Waals surface area contributed by atoms with Crippen LogP contribution >= 0.6 is 0 Å². The van der Waals surface area contributed by atoms with Gasteiger partial charge >= 0.3 is 0 Å². The zero-order valence-corrected chi connectivity index (χ0v) is 10.9. The van der Waals surface area contributed by atoms with Gasteiger partial charge in [-0.1, -0.05) is 13.8 Å². The standard InChI is InChI=1S/C10H22N2O2S/c1-9(2)7-12-10(3,4)8-11-5-6-15(12,13)14/h9,11H,5-8H2,1-4H3. The minimum Gasteiger partial charge on any atom is -0.314 e. The number of hydrogen-bond donors (Lipinski definition) is 1. The fraction of sp³-hybridized carbons (Fsp3) is 1.00. The van der Waals surface area contributed by atoms with Crippen molar-refractivity contribution in [2.45, 2.75) is 33.2 Å². The van der Waals surface area contributed by atoms with Crippen LogP contribution < -0.4 is 5.32 Å². The van der Waals surface area contributed by atoms with Gasteiger partial charge in [0.2, 0.25) is 10.0 Å². The molecule has 1 aliphatic rings. The summed E-state index contributed by atoms with van der Waals surface area (Å²) in [5, 5.41) is 3.18. The second-order valence-corrected chi connectivity index (χ2v) is 7.24. The molecule has 1 fully saturated rings. The van der Waals surface area contributed by atoms with E-state index >= 15 is 0 Å². The van der Waals surface area contributed by atoms with Crippen LogP contribution in [-0.4, -0.2) is 43.6 Å². The van der Waals surface area contributed by atoms with E-state index in [1.165, 1.54) is 0 Å². The minimum absolute atomic E-state index is 0.211. The van der Waals surface area contributed by atoms with Gasteiger partial charge in [-0.3, -0.25) is 0 Å². The van der Waals surface area contributed by atoms with Crippen LogP contribution in [0, 0.1) is 5.92 Å². The molecule has 0 saturated carbocycles. The van der Waals surface area contributed by atoms with Gasteiger partial charge in [0.15, 0.2) is 0 Å². The van der Waals surface area contributed by atoms with Gasteiger partial charge < -0.3 is 5.32 Å². The van der Waals surface area contributed by atoms with Crippen molar-refractivity contribution in [1.29, 1.82) is 0 Å². The van der Waals surface area contributed by atoms with E-state index in [1.54, 1.807) is 4.31 Å². The summed E-state index contributed by atoms with van der Waals surface area (Å²) in [7, 11) is -3.09. The van der Waals surface area contributed by atoms with Crippen molar-refractivity contribution in [2.75, 3.05) is 25.4 Å². The van der Waals surface area contributed by atoms with Crippen molar-refractivity contribution in [3.63, 3.8) is 0 Å². The van der Waals surface area contributed by atoms with Crippen LogP contribution in [0.25, 0.3) is 0 Å². The van der Waals surface area contributed by atoms with Gasteiger partial charge in [0.05, 0.1) is 5.75 Å². The quantitative estimate of drug-likeness (QED) is 0.763. The van der Waals surface area contributed by atoms with Crippen molar-refractivity contribution < 1.29 is 8.42 Å². The molecule has 1 aliphatic heterocycles. The summed E-state index contributed by atoms with van der Waals surface area (Å²) >= 11 is 0. The molecule has 90 valence electrons. The molecule has 4 nitrogen and oxygen atoms in total. The Kier molecular flexibility index (Phi) is 3.79. The first-order valence-electron chi connectivity index (χ1n) is 5.47. The van der Waals surface area contributed by atoms with E-state index in [1.807, 2.05) is 27.7 Å². The summed E-state index contributed by atoms with van der Waals surface area (Å²) in [5.41, 5.74) is -0.320. The lowest BCUT2D eigenvalue weighted by Gasteiger charge is -2.36. The van der Waals surface area contributed by atoms with Gasteiger partial charge in [-0.25, -0.2) is 8.42 Å². The Morgan fingerprint density at radius 1 is 1.40 bits per heavy atom. The summed E-state index contributed by atoms with van der Waals surface area (Å²) in [6, 6.07) is 0. The summed E-state index contributed by atoms with van der Waals surface area (Å²) in [5.74, 6) is 0.570. The zero-order chi connectivity index (χ0) is 11.7. The van der Waals surface area contributed by atoms with Crippen LogP contribution in [0.15, 0.2) is 0 Å². The van der Waals surface area contributed by atoms with Crippen LogP contribution in [0.4, 0.5) is 0 Å². The SMILES string of the molecule is CC(C)CN1C(C)(C)CNCCS1(=O)=O. The number of sulfonamides is 1. The lowest BCUT2D eigenvalue weighted by Crippen LogP contribution is -2.52. The van der Waals surface area contributed by atoms with Crippen LogP contribution in [0.1, 0.15) is 27.7 Å². The smallest absolute Gasteiger partial charge is 0.215 e. The molecule has 1 rings (SSSR count). The van der Waals surface area contributed by atoms with Gasteiger partial charge in [-0.05, 0) is 19.8 Å². The summed E-state index contributed by atoms with van der Waals surface area (Å²) in [4.78, 5) is 0. The highest BCUT2D eigenvalue weighted by Crippen LogP contribution is 2.22. The Labute approximate surface area is 93.1 Å². The van der Waals surface area contributed by atoms with E-state index in [9.17, 15) is 8.42 Å². The van der Waals surface area contributed by atoms with Gasteiger partial charge in [0, 0.05) is 25.2 Å². The molecule has 0 spiro atoms. The maximum atomic E-state index is 12.0.